The number of amides is 2. The van der Waals surface area contributed by atoms with Crippen LogP contribution in [0.4, 0.5) is 0 Å². The largest absolute Gasteiger partial charge is 0.490 e. The Morgan fingerprint density at radius 2 is 1.80 bits per heavy atom. The van der Waals surface area contributed by atoms with Gasteiger partial charge in [0.25, 0.3) is 5.91 Å². The highest BCUT2D eigenvalue weighted by Crippen LogP contribution is 2.26. The fourth-order valence-corrected chi connectivity index (χ4v) is 2.02. The second-order valence-corrected chi connectivity index (χ2v) is 5.08. The summed E-state index contributed by atoms with van der Waals surface area (Å²) in [5.41, 5.74) is 5.08. The van der Waals surface area contributed by atoms with Gasteiger partial charge in [-0.15, -0.1) is 0 Å². The molecule has 0 aliphatic rings. The first-order chi connectivity index (χ1) is 12.2. The predicted octanol–water partition coefficient (Wildman–Crippen LogP) is 2.10. The zero-order valence-electron chi connectivity index (χ0n) is 14.0. The zero-order valence-corrected chi connectivity index (χ0v) is 14.0. The lowest BCUT2D eigenvalue weighted by Crippen LogP contribution is -2.41. The van der Waals surface area contributed by atoms with Crippen LogP contribution in [0.3, 0.4) is 0 Å². The van der Waals surface area contributed by atoms with Crippen LogP contribution in [-0.4, -0.2) is 30.0 Å². The van der Waals surface area contributed by atoms with Gasteiger partial charge < -0.3 is 9.47 Å². The van der Waals surface area contributed by atoms with Crippen molar-refractivity contribution in [3.8, 4) is 11.5 Å². The van der Waals surface area contributed by atoms with Crippen LogP contribution in [0.15, 0.2) is 48.8 Å². The maximum atomic E-state index is 11.8. The number of rotatable bonds is 8. The molecule has 2 amide bonds. The lowest BCUT2D eigenvalue weighted by Gasteiger charge is -2.11. The second-order valence-electron chi connectivity index (χ2n) is 5.08. The Hall–Kier alpha value is -3.09. The first-order valence-corrected chi connectivity index (χ1v) is 8.04. The van der Waals surface area contributed by atoms with Crippen LogP contribution in [0.2, 0.25) is 0 Å². The van der Waals surface area contributed by atoms with Crippen molar-refractivity contribution >= 4 is 11.8 Å². The molecule has 0 unspecified atom stereocenters. The molecular formula is C18H21N3O4. The number of benzene rings is 1. The highest BCUT2D eigenvalue weighted by Gasteiger charge is 2.08. The van der Waals surface area contributed by atoms with Crippen LogP contribution in [-0.2, 0) is 4.79 Å². The molecule has 1 heterocycles. The van der Waals surface area contributed by atoms with E-state index in [9.17, 15) is 9.59 Å². The van der Waals surface area contributed by atoms with Gasteiger partial charge >= 0.3 is 0 Å². The Morgan fingerprint density at radius 1 is 1.04 bits per heavy atom. The molecule has 1 aromatic carbocycles. The van der Waals surface area contributed by atoms with Gasteiger partial charge in [-0.2, -0.15) is 0 Å². The van der Waals surface area contributed by atoms with E-state index < -0.39 is 5.91 Å². The quantitative estimate of drug-likeness (QED) is 0.566. The third-order valence-electron chi connectivity index (χ3n) is 3.19. The fraction of sp³-hybridized carbons (Fsp3) is 0.278. The Kier molecular flexibility index (Phi) is 7.24. The number of hydrogen-bond acceptors (Lipinski definition) is 5. The van der Waals surface area contributed by atoms with Crippen LogP contribution in [0.1, 0.15) is 30.1 Å². The van der Waals surface area contributed by atoms with E-state index in [0.717, 1.165) is 0 Å². The summed E-state index contributed by atoms with van der Waals surface area (Å²) in [4.78, 5) is 27.3. The van der Waals surface area contributed by atoms with Crippen LogP contribution < -0.4 is 20.3 Å². The molecule has 2 rings (SSSR count). The summed E-state index contributed by atoms with van der Waals surface area (Å²) < 4.78 is 11.1. The van der Waals surface area contributed by atoms with E-state index in [1.165, 1.54) is 6.20 Å². The molecule has 0 bridgehead atoms. The molecule has 2 N–H and O–H groups in total. The Morgan fingerprint density at radius 3 is 2.48 bits per heavy atom. The maximum absolute atomic E-state index is 11.8. The van der Waals surface area contributed by atoms with Crippen LogP contribution >= 0.6 is 0 Å². The monoisotopic (exact) mass is 343 g/mol. The highest BCUT2D eigenvalue weighted by molar-refractivity contribution is 5.94. The molecule has 0 atom stereocenters. The summed E-state index contributed by atoms with van der Waals surface area (Å²) in [5, 5.41) is 0. The molecule has 0 saturated carbocycles. The smallest absolute Gasteiger partial charge is 0.271 e. The third-order valence-corrected chi connectivity index (χ3v) is 3.19. The van der Waals surface area contributed by atoms with Gasteiger partial charge in [-0.1, -0.05) is 12.1 Å². The molecule has 0 spiro atoms. The van der Waals surface area contributed by atoms with Crippen molar-refractivity contribution in [2.75, 3.05) is 13.2 Å². The number of carbonyl (C=O) groups excluding carboxylic acids is 2. The number of hydrogen-bond donors (Lipinski definition) is 2. The molecule has 25 heavy (non-hydrogen) atoms. The fourth-order valence-electron chi connectivity index (χ4n) is 2.02. The van der Waals surface area contributed by atoms with Crippen LogP contribution in [0, 0.1) is 0 Å². The number of nitrogens with zero attached hydrogens (tertiary/aromatic N) is 1. The van der Waals surface area contributed by atoms with Gasteiger partial charge in [-0.25, -0.2) is 0 Å². The van der Waals surface area contributed by atoms with Gasteiger partial charge in [0, 0.05) is 18.8 Å². The summed E-state index contributed by atoms with van der Waals surface area (Å²) >= 11 is 0. The summed E-state index contributed by atoms with van der Waals surface area (Å²) in [7, 11) is 0. The van der Waals surface area contributed by atoms with E-state index in [0.29, 0.717) is 36.7 Å². The highest BCUT2D eigenvalue weighted by atomic mass is 16.5. The van der Waals surface area contributed by atoms with Gasteiger partial charge in [0.15, 0.2) is 11.5 Å². The van der Waals surface area contributed by atoms with E-state index in [-0.39, 0.29) is 12.3 Å². The number of pyridine rings is 1. The lowest BCUT2D eigenvalue weighted by molar-refractivity contribution is -0.122. The van der Waals surface area contributed by atoms with Crippen molar-refractivity contribution in [1.29, 1.82) is 0 Å². The van der Waals surface area contributed by atoms with Crippen molar-refractivity contribution in [1.82, 2.24) is 15.8 Å². The zero-order chi connectivity index (χ0) is 17.9. The molecule has 132 valence electrons. The topological polar surface area (TPSA) is 89.5 Å². The molecule has 7 heteroatoms. The van der Waals surface area contributed by atoms with Gasteiger partial charge in [0.2, 0.25) is 5.91 Å². The molecule has 0 radical (unpaired) electrons. The summed E-state index contributed by atoms with van der Waals surface area (Å²) in [6.07, 6.45) is 3.73. The van der Waals surface area contributed by atoms with E-state index in [1.54, 1.807) is 18.3 Å². The van der Waals surface area contributed by atoms with E-state index in [4.69, 9.17) is 9.47 Å². The number of hydrazine groups is 1. The van der Waals surface area contributed by atoms with Gasteiger partial charge in [-0.05, 0) is 37.6 Å². The van der Waals surface area contributed by atoms with Crippen molar-refractivity contribution in [3.05, 3.63) is 54.4 Å². The number of aromatic nitrogens is 1. The predicted molar refractivity (Wildman–Crippen MR) is 92.2 cm³/mol. The molecule has 0 saturated heterocycles. The van der Waals surface area contributed by atoms with Crippen LogP contribution in [0.5, 0.6) is 11.5 Å². The molecular weight excluding hydrogens is 322 g/mol. The van der Waals surface area contributed by atoms with E-state index in [1.807, 2.05) is 31.2 Å². The minimum Gasteiger partial charge on any atom is -0.490 e. The average molecular weight is 343 g/mol. The molecule has 0 aliphatic carbocycles. The Balaban J connectivity index is 1.66. The van der Waals surface area contributed by atoms with Crippen molar-refractivity contribution < 1.29 is 19.1 Å². The normalized spacial score (nSPS) is 9.96. The number of para-hydroxylation sites is 2. The van der Waals surface area contributed by atoms with E-state index in [2.05, 4.69) is 15.8 Å². The molecule has 0 fully saturated rings. The Bertz CT molecular complexity index is 692. The summed E-state index contributed by atoms with van der Waals surface area (Å²) in [6, 6.07) is 10.6. The number of ether oxygens (including phenoxy) is 2. The maximum Gasteiger partial charge on any atom is 0.271 e. The first-order valence-electron chi connectivity index (χ1n) is 8.04. The van der Waals surface area contributed by atoms with Gasteiger partial charge in [0.1, 0.15) is 0 Å². The Labute approximate surface area is 146 Å². The standard InChI is InChI=1S/C18H21N3O4/c1-2-24-15-8-3-4-9-16(15)25-12-6-10-17(22)20-21-18(23)14-7-5-11-19-13-14/h3-5,7-9,11,13H,2,6,10,12H2,1H3,(H,20,22)(H,21,23). The summed E-state index contributed by atoms with van der Waals surface area (Å²) in [6.45, 7) is 2.83. The number of nitrogens with one attached hydrogen (secondary N) is 2. The molecule has 0 aliphatic heterocycles. The van der Waals surface area contributed by atoms with Crippen molar-refractivity contribution in [2.24, 2.45) is 0 Å². The van der Waals surface area contributed by atoms with E-state index >= 15 is 0 Å². The third kappa shape index (κ3) is 6.14. The summed E-state index contributed by atoms with van der Waals surface area (Å²) in [5.74, 6) is 0.620. The molecule has 1 aromatic heterocycles. The van der Waals surface area contributed by atoms with Gasteiger partial charge in [0.05, 0.1) is 18.8 Å². The minimum atomic E-state index is -0.414. The minimum absolute atomic E-state index is 0.226. The average Bonchev–Trinajstić information content (AvgIpc) is 2.65. The van der Waals surface area contributed by atoms with Crippen LogP contribution in [0.25, 0.3) is 0 Å². The second kappa shape index (κ2) is 9.92. The van der Waals surface area contributed by atoms with Crippen molar-refractivity contribution in [2.45, 2.75) is 19.8 Å². The molecule has 2 aromatic rings. The van der Waals surface area contributed by atoms with Gasteiger partial charge in [-0.3, -0.25) is 25.4 Å². The SMILES string of the molecule is CCOc1ccccc1OCCCC(=O)NNC(=O)c1cccnc1. The molecule has 7 nitrogen and oxygen atoms in total. The first kappa shape index (κ1) is 18.3. The lowest BCUT2D eigenvalue weighted by atomic mass is 10.3. The van der Waals surface area contributed by atoms with Crippen molar-refractivity contribution in [3.63, 3.8) is 0 Å². The number of carbonyl (C=O) groups is 2.